The normalized spacial score (nSPS) is 9.91. The van der Waals surface area contributed by atoms with E-state index in [0.717, 1.165) is 0 Å². The van der Waals surface area contributed by atoms with Crippen molar-refractivity contribution in [2.45, 2.75) is 12.8 Å². The number of hydrogen-bond acceptors (Lipinski definition) is 4. The number of hydrogen-bond donors (Lipinski definition) is 2. The van der Waals surface area contributed by atoms with Gasteiger partial charge in [0.1, 0.15) is 5.84 Å². The molecule has 0 atom stereocenters. The number of amidine groups is 1. The summed E-state index contributed by atoms with van der Waals surface area (Å²) in [6, 6.07) is 0. The van der Waals surface area contributed by atoms with E-state index in [4.69, 9.17) is 5.41 Å². The van der Waals surface area contributed by atoms with E-state index in [1.165, 1.54) is 7.11 Å². The second-order valence-corrected chi connectivity index (χ2v) is 1.74. The number of carbonyl (C=O) groups is 1. The molecule has 0 aliphatic heterocycles. The first-order valence-electron chi connectivity index (χ1n) is 2.96. The molecule has 0 radical (unpaired) electrons. The van der Waals surface area contributed by atoms with E-state index < -0.39 is 0 Å². The van der Waals surface area contributed by atoms with Gasteiger partial charge in [-0.25, -0.2) is 0 Å². The number of esters is 1. The molecule has 0 aromatic heterocycles. The molecule has 62 valence electrons. The van der Waals surface area contributed by atoms with E-state index in [0.29, 0.717) is 0 Å². The molecule has 0 saturated carbocycles. The zero-order valence-corrected chi connectivity index (χ0v) is 6.20. The van der Waals surface area contributed by atoms with Crippen LogP contribution in [-0.2, 0) is 9.53 Å². The van der Waals surface area contributed by atoms with Crippen LogP contribution >= 0.6 is 0 Å². The number of nitrogens with zero attached hydrogens (tertiary/aromatic N) is 2. The summed E-state index contributed by atoms with van der Waals surface area (Å²) in [5, 5.41) is 13.1. The lowest BCUT2D eigenvalue weighted by molar-refractivity contribution is -0.140. The van der Waals surface area contributed by atoms with Crippen molar-refractivity contribution in [2.24, 2.45) is 16.2 Å². The minimum absolute atomic E-state index is 0.0297. The van der Waals surface area contributed by atoms with Gasteiger partial charge in [0.25, 0.3) is 0 Å². The topological polar surface area (TPSA) is 101 Å². The second kappa shape index (κ2) is 5.33. The van der Waals surface area contributed by atoms with Crippen LogP contribution in [-0.4, -0.2) is 18.9 Å². The summed E-state index contributed by atoms with van der Waals surface area (Å²) in [7, 11) is 1.29. The Kier molecular flexibility index (Phi) is 4.63. The number of carbonyl (C=O) groups excluding carboxylic acids is 1. The summed E-state index contributed by atoms with van der Waals surface area (Å²) in [6.07, 6.45) is 0.335. The first-order chi connectivity index (χ1) is 5.20. The Labute approximate surface area is 63.9 Å². The lowest BCUT2D eigenvalue weighted by atomic mass is 10.3. The maximum atomic E-state index is 10.5. The zero-order valence-electron chi connectivity index (χ0n) is 6.20. The highest BCUT2D eigenvalue weighted by Gasteiger charge is 2.01. The van der Waals surface area contributed by atoms with Crippen molar-refractivity contribution < 1.29 is 9.53 Å². The van der Waals surface area contributed by atoms with Gasteiger partial charge in [-0.2, -0.15) is 0 Å². The van der Waals surface area contributed by atoms with Crippen molar-refractivity contribution in [3.8, 4) is 0 Å². The Hall–Kier alpha value is -1.46. The third-order valence-corrected chi connectivity index (χ3v) is 0.972. The summed E-state index contributed by atoms with van der Waals surface area (Å²) in [5.74, 6) is 4.27. The second-order valence-electron chi connectivity index (χ2n) is 1.74. The van der Waals surface area contributed by atoms with Crippen molar-refractivity contribution in [1.29, 1.82) is 5.41 Å². The van der Waals surface area contributed by atoms with Crippen LogP contribution in [0.3, 0.4) is 0 Å². The van der Waals surface area contributed by atoms with Crippen LogP contribution in [0.25, 0.3) is 0 Å². The van der Waals surface area contributed by atoms with Gasteiger partial charge in [0, 0.05) is 6.42 Å². The lowest BCUT2D eigenvalue weighted by Crippen LogP contribution is -2.03. The highest BCUT2D eigenvalue weighted by atomic mass is 16.5. The number of methoxy groups -OCH3 is 1. The summed E-state index contributed by atoms with van der Waals surface area (Å²) in [4.78, 5) is 10.5. The summed E-state index contributed by atoms with van der Waals surface area (Å²) >= 11 is 0. The van der Waals surface area contributed by atoms with Gasteiger partial charge in [0.15, 0.2) is 0 Å². The molecular weight excluding hydrogens is 148 g/mol. The molecule has 0 amide bonds. The molecule has 0 saturated heterocycles. The summed E-state index contributed by atoms with van der Waals surface area (Å²) < 4.78 is 4.34. The molecule has 11 heavy (non-hydrogen) atoms. The monoisotopic (exact) mass is 158 g/mol. The molecule has 0 unspecified atom stereocenters. The standard InChI is InChI=1S/C5H10N4O2/c1-11-5(10)3-2-4(6)8-9-7/h2-3H2,1H3,(H3,6,7,8). The highest BCUT2D eigenvalue weighted by Crippen LogP contribution is 1.94. The first-order valence-corrected chi connectivity index (χ1v) is 2.96. The average Bonchev–Trinajstić information content (AvgIpc) is 2.01. The molecule has 6 nitrogen and oxygen atoms in total. The van der Waals surface area contributed by atoms with Gasteiger partial charge in [0.05, 0.1) is 13.5 Å². The molecule has 0 bridgehead atoms. The molecule has 3 N–H and O–H groups in total. The number of nitrogens with one attached hydrogen (secondary N) is 1. The van der Waals surface area contributed by atoms with E-state index in [1.807, 2.05) is 0 Å². The molecule has 0 rings (SSSR count). The molecule has 0 heterocycles. The molecule has 0 aliphatic rings. The minimum atomic E-state index is -0.373. The highest BCUT2D eigenvalue weighted by molar-refractivity contribution is 5.83. The van der Waals surface area contributed by atoms with Crippen LogP contribution in [0.4, 0.5) is 0 Å². The lowest BCUT2D eigenvalue weighted by Gasteiger charge is -1.95. The van der Waals surface area contributed by atoms with Gasteiger partial charge >= 0.3 is 5.97 Å². The fraction of sp³-hybridized carbons (Fsp3) is 0.600. The molecule has 0 spiro atoms. The van der Waals surface area contributed by atoms with E-state index in [-0.39, 0.29) is 24.6 Å². The van der Waals surface area contributed by atoms with Gasteiger partial charge in [-0.1, -0.05) is 5.22 Å². The third-order valence-electron chi connectivity index (χ3n) is 0.972. The van der Waals surface area contributed by atoms with E-state index >= 15 is 0 Å². The Balaban J connectivity index is 3.54. The summed E-state index contributed by atoms with van der Waals surface area (Å²) in [5.41, 5.74) is 0. The Bertz CT molecular complexity index is 177. The van der Waals surface area contributed by atoms with Crippen molar-refractivity contribution in [3.63, 3.8) is 0 Å². The van der Waals surface area contributed by atoms with Crippen molar-refractivity contribution in [1.82, 2.24) is 0 Å². The quantitative estimate of drug-likeness (QED) is 0.154. The molecule has 0 aliphatic carbocycles. The van der Waals surface area contributed by atoms with Crippen LogP contribution in [0.2, 0.25) is 0 Å². The van der Waals surface area contributed by atoms with E-state index in [2.05, 4.69) is 20.9 Å². The fourth-order valence-electron chi connectivity index (χ4n) is 0.442. The minimum Gasteiger partial charge on any atom is -0.469 e. The Morgan fingerprint density at radius 3 is 2.73 bits per heavy atom. The predicted molar refractivity (Wildman–Crippen MR) is 38.0 cm³/mol. The van der Waals surface area contributed by atoms with Gasteiger partial charge < -0.3 is 10.6 Å². The van der Waals surface area contributed by atoms with E-state index in [9.17, 15) is 4.79 Å². The van der Waals surface area contributed by atoms with Crippen LogP contribution in [0.1, 0.15) is 12.8 Å². The van der Waals surface area contributed by atoms with Crippen molar-refractivity contribution in [3.05, 3.63) is 0 Å². The Morgan fingerprint density at radius 2 is 2.27 bits per heavy atom. The average molecular weight is 158 g/mol. The largest absolute Gasteiger partial charge is 0.469 e. The van der Waals surface area contributed by atoms with E-state index in [1.54, 1.807) is 0 Å². The fourth-order valence-corrected chi connectivity index (χ4v) is 0.442. The van der Waals surface area contributed by atoms with Gasteiger partial charge in [0.2, 0.25) is 0 Å². The van der Waals surface area contributed by atoms with Crippen LogP contribution in [0.15, 0.2) is 10.3 Å². The molecule has 6 heteroatoms. The predicted octanol–water partition coefficient (Wildman–Crippen LogP) is 0.243. The molecule has 0 aromatic rings. The number of nitrogens with two attached hydrogens (primary N) is 1. The van der Waals surface area contributed by atoms with Crippen molar-refractivity contribution >= 4 is 11.8 Å². The SMILES string of the molecule is COC(=O)CCC(=N)N=NN. The number of ether oxygens (including phenoxy) is 1. The van der Waals surface area contributed by atoms with Crippen molar-refractivity contribution in [2.75, 3.05) is 7.11 Å². The molecule has 0 fully saturated rings. The third kappa shape index (κ3) is 5.01. The van der Waals surface area contributed by atoms with Crippen LogP contribution in [0.5, 0.6) is 0 Å². The molecule has 0 aromatic carbocycles. The molecular formula is C5H10N4O2. The maximum Gasteiger partial charge on any atom is 0.305 e. The van der Waals surface area contributed by atoms with Gasteiger partial charge in [-0.3, -0.25) is 10.2 Å². The van der Waals surface area contributed by atoms with Gasteiger partial charge in [-0.05, 0) is 0 Å². The number of rotatable bonds is 3. The first kappa shape index (κ1) is 9.54. The Morgan fingerprint density at radius 1 is 1.64 bits per heavy atom. The van der Waals surface area contributed by atoms with Crippen LogP contribution < -0.4 is 5.84 Å². The van der Waals surface area contributed by atoms with Gasteiger partial charge in [-0.15, -0.1) is 5.11 Å². The zero-order chi connectivity index (χ0) is 8.69. The van der Waals surface area contributed by atoms with Crippen LogP contribution in [0, 0.1) is 5.41 Å². The maximum absolute atomic E-state index is 10.5. The summed E-state index contributed by atoms with van der Waals surface area (Å²) in [6.45, 7) is 0. The smallest absolute Gasteiger partial charge is 0.305 e.